The average Bonchev–Trinajstić information content (AvgIpc) is 2.28. The lowest BCUT2D eigenvalue weighted by Crippen LogP contribution is -2.37. The number of hydrogen-bond donors (Lipinski definition) is 2. The van der Waals surface area contributed by atoms with E-state index in [1.165, 1.54) is 7.11 Å². The number of hydrogen-bond acceptors (Lipinski definition) is 3. The molecule has 0 unspecified atom stereocenters. The standard InChI is InChI=1S/C10H12N2O2S/c1-11-10(15)12-9(13)7-5-3-4-6-8(7)14-2/h3-6H,1-2H3,(H2,11,12,13,15). The van der Waals surface area contributed by atoms with Crippen molar-refractivity contribution in [2.75, 3.05) is 14.2 Å². The second-order valence-corrected chi connectivity index (χ2v) is 3.14. The molecule has 0 saturated carbocycles. The monoisotopic (exact) mass is 224 g/mol. The quantitative estimate of drug-likeness (QED) is 0.734. The van der Waals surface area contributed by atoms with Crippen molar-refractivity contribution in [2.24, 2.45) is 0 Å². The van der Waals surface area contributed by atoms with Crippen LogP contribution in [0.2, 0.25) is 0 Å². The summed E-state index contributed by atoms with van der Waals surface area (Å²) in [6.07, 6.45) is 0. The van der Waals surface area contributed by atoms with Crippen LogP contribution in [0, 0.1) is 0 Å². The molecular weight excluding hydrogens is 212 g/mol. The lowest BCUT2D eigenvalue weighted by molar-refractivity contribution is 0.0974. The summed E-state index contributed by atoms with van der Waals surface area (Å²) in [5, 5.41) is 5.47. The number of nitrogens with one attached hydrogen (secondary N) is 2. The molecule has 0 atom stereocenters. The summed E-state index contributed by atoms with van der Waals surface area (Å²) in [6.45, 7) is 0. The zero-order valence-corrected chi connectivity index (χ0v) is 9.35. The number of thiocarbonyl (C=S) groups is 1. The predicted octanol–water partition coefficient (Wildman–Crippen LogP) is 0.929. The maximum absolute atomic E-state index is 11.7. The molecule has 0 aliphatic rings. The van der Waals surface area contributed by atoms with Gasteiger partial charge in [0.2, 0.25) is 0 Å². The van der Waals surface area contributed by atoms with Gasteiger partial charge in [0, 0.05) is 7.05 Å². The molecule has 2 N–H and O–H groups in total. The normalized spacial score (nSPS) is 9.20. The highest BCUT2D eigenvalue weighted by Gasteiger charge is 2.11. The second kappa shape index (κ2) is 5.31. The number of para-hydroxylation sites is 1. The maximum atomic E-state index is 11.7. The van der Waals surface area contributed by atoms with Crippen LogP contribution in [0.25, 0.3) is 0 Å². The van der Waals surface area contributed by atoms with Crippen molar-refractivity contribution in [1.82, 2.24) is 10.6 Å². The van der Waals surface area contributed by atoms with E-state index in [9.17, 15) is 4.79 Å². The van der Waals surface area contributed by atoms with Crippen LogP contribution in [0.1, 0.15) is 10.4 Å². The first-order chi connectivity index (χ1) is 7.19. The molecule has 4 nitrogen and oxygen atoms in total. The van der Waals surface area contributed by atoms with Gasteiger partial charge < -0.3 is 10.1 Å². The van der Waals surface area contributed by atoms with Gasteiger partial charge in [-0.15, -0.1) is 0 Å². The average molecular weight is 224 g/mol. The number of rotatable bonds is 2. The van der Waals surface area contributed by atoms with Crippen molar-refractivity contribution in [3.8, 4) is 5.75 Å². The molecule has 1 aromatic rings. The lowest BCUT2D eigenvalue weighted by atomic mass is 10.2. The van der Waals surface area contributed by atoms with Gasteiger partial charge in [-0.1, -0.05) is 12.1 Å². The van der Waals surface area contributed by atoms with Crippen molar-refractivity contribution in [3.63, 3.8) is 0 Å². The summed E-state index contributed by atoms with van der Waals surface area (Å²) >= 11 is 4.83. The summed E-state index contributed by atoms with van der Waals surface area (Å²) in [7, 11) is 3.16. The first-order valence-corrected chi connectivity index (χ1v) is 4.76. The van der Waals surface area contributed by atoms with E-state index in [1.807, 2.05) is 0 Å². The third-order valence-electron chi connectivity index (χ3n) is 1.81. The fourth-order valence-corrected chi connectivity index (χ4v) is 1.16. The molecule has 0 heterocycles. The summed E-state index contributed by atoms with van der Waals surface area (Å²) < 4.78 is 5.06. The molecule has 0 radical (unpaired) electrons. The third-order valence-corrected chi connectivity index (χ3v) is 2.11. The Hall–Kier alpha value is -1.62. The number of ether oxygens (including phenoxy) is 1. The zero-order valence-electron chi connectivity index (χ0n) is 8.53. The Morgan fingerprint density at radius 2 is 2.07 bits per heavy atom. The minimum absolute atomic E-state index is 0.283. The van der Waals surface area contributed by atoms with Crippen molar-refractivity contribution < 1.29 is 9.53 Å². The largest absolute Gasteiger partial charge is 0.496 e. The summed E-state index contributed by atoms with van der Waals surface area (Å²) in [4.78, 5) is 11.7. The fraction of sp³-hybridized carbons (Fsp3) is 0.200. The maximum Gasteiger partial charge on any atom is 0.261 e. The summed E-state index contributed by atoms with van der Waals surface area (Å²) in [5.74, 6) is 0.237. The van der Waals surface area contributed by atoms with Gasteiger partial charge in [0.05, 0.1) is 12.7 Å². The van der Waals surface area contributed by atoms with Crippen LogP contribution in [0.3, 0.4) is 0 Å². The van der Waals surface area contributed by atoms with Crippen LogP contribution in [0.15, 0.2) is 24.3 Å². The Balaban J connectivity index is 2.86. The molecule has 5 heteroatoms. The molecule has 1 rings (SSSR count). The van der Waals surface area contributed by atoms with E-state index in [1.54, 1.807) is 31.3 Å². The minimum atomic E-state index is -0.285. The molecule has 0 saturated heterocycles. The fourth-order valence-electron chi connectivity index (χ4n) is 1.07. The molecule has 15 heavy (non-hydrogen) atoms. The smallest absolute Gasteiger partial charge is 0.261 e. The molecule has 0 aliphatic heterocycles. The van der Waals surface area contributed by atoms with Crippen LogP contribution >= 0.6 is 12.2 Å². The molecule has 0 fully saturated rings. The van der Waals surface area contributed by atoms with Crippen LogP contribution in [-0.4, -0.2) is 25.2 Å². The molecule has 0 aliphatic carbocycles. The first-order valence-electron chi connectivity index (χ1n) is 4.35. The van der Waals surface area contributed by atoms with Gasteiger partial charge in [-0.05, 0) is 24.4 Å². The van der Waals surface area contributed by atoms with Crippen LogP contribution in [-0.2, 0) is 0 Å². The van der Waals surface area contributed by atoms with Crippen molar-refractivity contribution in [2.45, 2.75) is 0 Å². The van der Waals surface area contributed by atoms with Crippen molar-refractivity contribution >= 4 is 23.2 Å². The predicted molar refractivity (Wildman–Crippen MR) is 62.1 cm³/mol. The number of methoxy groups -OCH3 is 1. The molecule has 0 aromatic heterocycles. The number of carbonyl (C=O) groups is 1. The van der Waals surface area contributed by atoms with Gasteiger partial charge in [-0.3, -0.25) is 10.1 Å². The second-order valence-electron chi connectivity index (χ2n) is 2.73. The van der Waals surface area contributed by atoms with E-state index in [0.717, 1.165) is 0 Å². The zero-order chi connectivity index (χ0) is 11.3. The van der Waals surface area contributed by atoms with E-state index in [4.69, 9.17) is 17.0 Å². The Morgan fingerprint density at radius 3 is 2.67 bits per heavy atom. The number of carbonyl (C=O) groups excluding carboxylic acids is 1. The minimum Gasteiger partial charge on any atom is -0.496 e. The van der Waals surface area contributed by atoms with E-state index in [0.29, 0.717) is 11.3 Å². The molecule has 0 bridgehead atoms. The van der Waals surface area contributed by atoms with Gasteiger partial charge in [0.15, 0.2) is 5.11 Å². The number of amides is 1. The highest BCUT2D eigenvalue weighted by atomic mass is 32.1. The Morgan fingerprint density at radius 1 is 1.40 bits per heavy atom. The first kappa shape index (κ1) is 11.5. The van der Waals surface area contributed by atoms with E-state index < -0.39 is 0 Å². The van der Waals surface area contributed by atoms with Crippen molar-refractivity contribution in [3.05, 3.63) is 29.8 Å². The van der Waals surface area contributed by atoms with E-state index in [-0.39, 0.29) is 11.0 Å². The van der Waals surface area contributed by atoms with Gasteiger partial charge in [-0.25, -0.2) is 0 Å². The van der Waals surface area contributed by atoms with Gasteiger partial charge in [0.25, 0.3) is 5.91 Å². The topological polar surface area (TPSA) is 50.4 Å². The molecular formula is C10H12N2O2S. The molecule has 80 valence electrons. The van der Waals surface area contributed by atoms with Crippen LogP contribution in [0.4, 0.5) is 0 Å². The lowest BCUT2D eigenvalue weighted by Gasteiger charge is -2.08. The van der Waals surface area contributed by atoms with E-state index >= 15 is 0 Å². The number of benzene rings is 1. The van der Waals surface area contributed by atoms with Gasteiger partial charge in [-0.2, -0.15) is 0 Å². The molecule has 0 spiro atoms. The van der Waals surface area contributed by atoms with Crippen molar-refractivity contribution in [1.29, 1.82) is 0 Å². The SMILES string of the molecule is CNC(=S)NC(=O)c1ccccc1OC. The van der Waals surface area contributed by atoms with Gasteiger partial charge >= 0.3 is 0 Å². The highest BCUT2D eigenvalue weighted by molar-refractivity contribution is 7.80. The van der Waals surface area contributed by atoms with Gasteiger partial charge in [0.1, 0.15) is 5.75 Å². The summed E-state index contributed by atoms with van der Waals surface area (Å²) in [6, 6.07) is 6.95. The Kier molecular flexibility index (Phi) is 4.05. The highest BCUT2D eigenvalue weighted by Crippen LogP contribution is 2.16. The summed E-state index contributed by atoms with van der Waals surface area (Å²) in [5.41, 5.74) is 0.456. The van der Waals surface area contributed by atoms with Crippen LogP contribution < -0.4 is 15.4 Å². The molecule has 1 amide bonds. The Labute approximate surface area is 93.6 Å². The van der Waals surface area contributed by atoms with E-state index in [2.05, 4.69) is 10.6 Å². The molecule has 1 aromatic carbocycles. The Bertz CT molecular complexity index is 379. The van der Waals surface area contributed by atoms with Crippen LogP contribution in [0.5, 0.6) is 5.75 Å². The third kappa shape index (κ3) is 2.92.